The number of fused-ring (bicyclic) bond motifs is 1. The Morgan fingerprint density at radius 2 is 2.33 bits per heavy atom. The van der Waals surface area contributed by atoms with Gasteiger partial charge in [0, 0.05) is 20.0 Å². The van der Waals surface area contributed by atoms with Gasteiger partial charge in [0.25, 0.3) is 0 Å². The fraction of sp³-hybridized carbons (Fsp3) is 0.333. The Morgan fingerprint density at radius 3 is 3.00 bits per heavy atom. The van der Waals surface area contributed by atoms with Gasteiger partial charge in [-0.15, -0.1) is 11.6 Å². The van der Waals surface area contributed by atoms with Crippen LogP contribution in [0.1, 0.15) is 12.2 Å². The summed E-state index contributed by atoms with van der Waals surface area (Å²) in [5, 5.41) is 2.54. The predicted octanol–water partition coefficient (Wildman–Crippen LogP) is 2.05. The Hall–Kier alpha value is -1.62. The first-order valence-corrected chi connectivity index (χ1v) is 6.10. The van der Waals surface area contributed by atoms with Gasteiger partial charge in [-0.3, -0.25) is 4.79 Å². The predicted molar refractivity (Wildman–Crippen MR) is 67.9 cm³/mol. The van der Waals surface area contributed by atoms with Crippen molar-refractivity contribution in [2.45, 2.75) is 18.8 Å². The third kappa shape index (κ3) is 2.46. The lowest BCUT2D eigenvalue weighted by Crippen LogP contribution is -2.20. The zero-order valence-corrected chi connectivity index (χ0v) is 10.7. The van der Waals surface area contributed by atoms with Crippen LogP contribution in [0.15, 0.2) is 18.2 Å². The number of benzene rings is 1. The molecule has 0 aliphatic rings. The summed E-state index contributed by atoms with van der Waals surface area (Å²) in [6.45, 7) is 0.432. The van der Waals surface area contributed by atoms with Crippen LogP contribution in [0.3, 0.4) is 0 Å². The number of aryl methyl sites for hydroxylation is 1. The quantitative estimate of drug-likeness (QED) is 0.864. The van der Waals surface area contributed by atoms with Gasteiger partial charge < -0.3 is 9.88 Å². The summed E-state index contributed by atoms with van der Waals surface area (Å²) in [5.74, 6) is 0.462. The average Bonchev–Trinajstić information content (AvgIpc) is 2.73. The molecule has 0 atom stereocenters. The number of nitrogens with one attached hydrogen (secondary N) is 1. The standard InChI is InChI=1S/C12H13ClFN3O/c1-15-12(18)4-5-17-10-6-8(14)2-3-9(10)16-11(17)7-13/h2-3,6H,4-5,7H2,1H3,(H,15,18). The summed E-state index contributed by atoms with van der Waals surface area (Å²) >= 11 is 5.81. The van der Waals surface area contributed by atoms with E-state index in [0.29, 0.717) is 29.8 Å². The Bertz CT molecular complexity index is 582. The number of alkyl halides is 1. The molecular weight excluding hydrogens is 257 g/mol. The van der Waals surface area contributed by atoms with Gasteiger partial charge in [0.05, 0.1) is 16.9 Å². The van der Waals surface area contributed by atoms with Gasteiger partial charge in [0.1, 0.15) is 11.6 Å². The molecule has 0 saturated heterocycles. The summed E-state index contributed by atoms with van der Waals surface area (Å²) in [6.07, 6.45) is 0.308. The highest BCUT2D eigenvalue weighted by Gasteiger charge is 2.11. The third-order valence-electron chi connectivity index (χ3n) is 2.75. The normalized spacial score (nSPS) is 10.8. The maximum atomic E-state index is 13.2. The second-order valence-corrected chi connectivity index (χ2v) is 4.14. The molecule has 0 spiro atoms. The van der Waals surface area contributed by atoms with Crippen LogP contribution < -0.4 is 5.32 Å². The van der Waals surface area contributed by atoms with Crippen LogP contribution in [-0.4, -0.2) is 22.5 Å². The van der Waals surface area contributed by atoms with Crippen LogP contribution in [0.4, 0.5) is 4.39 Å². The van der Waals surface area contributed by atoms with Crippen molar-refractivity contribution < 1.29 is 9.18 Å². The van der Waals surface area contributed by atoms with E-state index in [9.17, 15) is 9.18 Å². The average molecular weight is 270 g/mol. The monoisotopic (exact) mass is 269 g/mol. The van der Waals surface area contributed by atoms with Gasteiger partial charge in [-0.25, -0.2) is 9.37 Å². The van der Waals surface area contributed by atoms with Crippen LogP contribution >= 0.6 is 11.6 Å². The Labute approximate surface area is 109 Å². The lowest BCUT2D eigenvalue weighted by atomic mass is 10.3. The van der Waals surface area contributed by atoms with E-state index in [0.717, 1.165) is 0 Å². The van der Waals surface area contributed by atoms with E-state index in [-0.39, 0.29) is 17.6 Å². The van der Waals surface area contributed by atoms with Crippen molar-refractivity contribution in [1.82, 2.24) is 14.9 Å². The lowest BCUT2D eigenvalue weighted by molar-refractivity contribution is -0.120. The number of amides is 1. The Balaban J connectivity index is 2.39. The van der Waals surface area contributed by atoms with E-state index >= 15 is 0 Å². The number of rotatable bonds is 4. The molecule has 0 aliphatic heterocycles. The van der Waals surface area contributed by atoms with Gasteiger partial charge in [0.15, 0.2) is 0 Å². The van der Waals surface area contributed by atoms with Gasteiger partial charge in [-0.2, -0.15) is 0 Å². The summed E-state index contributed by atoms with van der Waals surface area (Å²) in [6, 6.07) is 4.37. The van der Waals surface area contributed by atoms with Crippen molar-refractivity contribution in [3.63, 3.8) is 0 Å². The minimum Gasteiger partial charge on any atom is -0.359 e. The zero-order chi connectivity index (χ0) is 13.1. The van der Waals surface area contributed by atoms with Crippen LogP contribution in [0.25, 0.3) is 11.0 Å². The molecule has 4 nitrogen and oxygen atoms in total. The number of hydrogen-bond acceptors (Lipinski definition) is 2. The largest absolute Gasteiger partial charge is 0.359 e. The summed E-state index contributed by atoms with van der Waals surface area (Å²) in [5.41, 5.74) is 1.35. The number of aromatic nitrogens is 2. The van der Waals surface area contributed by atoms with Crippen LogP contribution in [0, 0.1) is 5.82 Å². The molecule has 0 fully saturated rings. The summed E-state index contributed by atoms with van der Waals surface area (Å²) < 4.78 is 15.0. The van der Waals surface area contributed by atoms with Crippen molar-refractivity contribution in [3.05, 3.63) is 29.8 Å². The van der Waals surface area contributed by atoms with Gasteiger partial charge >= 0.3 is 0 Å². The molecule has 0 radical (unpaired) electrons. The summed E-state index contributed by atoms with van der Waals surface area (Å²) in [7, 11) is 1.58. The fourth-order valence-electron chi connectivity index (χ4n) is 1.84. The number of imidazole rings is 1. The van der Waals surface area contributed by atoms with Crippen molar-refractivity contribution in [2.75, 3.05) is 7.05 Å². The smallest absolute Gasteiger partial charge is 0.221 e. The van der Waals surface area contributed by atoms with E-state index in [1.54, 1.807) is 17.7 Å². The number of nitrogens with zero attached hydrogens (tertiary/aromatic N) is 2. The molecule has 0 bridgehead atoms. The van der Waals surface area contributed by atoms with Crippen molar-refractivity contribution in [1.29, 1.82) is 0 Å². The van der Waals surface area contributed by atoms with E-state index in [1.165, 1.54) is 12.1 Å². The zero-order valence-electron chi connectivity index (χ0n) is 9.91. The highest BCUT2D eigenvalue weighted by atomic mass is 35.5. The number of carbonyl (C=O) groups is 1. The molecular formula is C12H13ClFN3O. The van der Waals surface area contributed by atoms with Gasteiger partial charge in [0.2, 0.25) is 5.91 Å². The van der Waals surface area contributed by atoms with E-state index in [4.69, 9.17) is 11.6 Å². The van der Waals surface area contributed by atoms with Crippen molar-refractivity contribution >= 4 is 28.5 Å². The maximum Gasteiger partial charge on any atom is 0.221 e. The van der Waals surface area contributed by atoms with Gasteiger partial charge in [-0.1, -0.05) is 0 Å². The molecule has 0 unspecified atom stereocenters. The molecule has 1 N–H and O–H groups in total. The maximum absolute atomic E-state index is 13.2. The first kappa shape index (κ1) is 12.8. The van der Waals surface area contributed by atoms with Crippen molar-refractivity contribution in [3.8, 4) is 0 Å². The first-order chi connectivity index (χ1) is 8.65. The number of halogens is 2. The Kier molecular flexibility index (Phi) is 3.81. The molecule has 0 saturated carbocycles. The highest BCUT2D eigenvalue weighted by molar-refractivity contribution is 6.16. The van der Waals surface area contributed by atoms with E-state index < -0.39 is 0 Å². The van der Waals surface area contributed by atoms with Crippen molar-refractivity contribution in [2.24, 2.45) is 0 Å². The van der Waals surface area contributed by atoms with E-state index in [2.05, 4.69) is 10.3 Å². The minimum absolute atomic E-state index is 0.0752. The second-order valence-electron chi connectivity index (χ2n) is 3.87. The molecule has 2 aromatic rings. The topological polar surface area (TPSA) is 46.9 Å². The molecule has 1 aromatic heterocycles. The summed E-state index contributed by atoms with van der Waals surface area (Å²) in [4.78, 5) is 15.6. The minimum atomic E-state index is -0.329. The van der Waals surface area contributed by atoms with Crippen LogP contribution in [0.5, 0.6) is 0 Å². The molecule has 6 heteroatoms. The number of hydrogen-bond donors (Lipinski definition) is 1. The number of carbonyl (C=O) groups excluding carboxylic acids is 1. The molecule has 1 heterocycles. The third-order valence-corrected chi connectivity index (χ3v) is 2.99. The SMILES string of the molecule is CNC(=O)CCn1c(CCl)nc2ccc(F)cc21. The van der Waals surface area contributed by atoms with Crippen LogP contribution in [0.2, 0.25) is 0 Å². The molecule has 96 valence electrons. The van der Waals surface area contributed by atoms with E-state index in [1.807, 2.05) is 0 Å². The molecule has 0 aliphatic carbocycles. The fourth-order valence-corrected chi connectivity index (χ4v) is 2.04. The second kappa shape index (κ2) is 5.35. The Morgan fingerprint density at radius 1 is 1.56 bits per heavy atom. The molecule has 2 rings (SSSR count). The lowest BCUT2D eigenvalue weighted by Gasteiger charge is -2.06. The van der Waals surface area contributed by atoms with Gasteiger partial charge in [-0.05, 0) is 18.2 Å². The molecule has 1 aromatic carbocycles. The molecule has 1 amide bonds. The first-order valence-electron chi connectivity index (χ1n) is 5.57. The molecule has 18 heavy (non-hydrogen) atoms. The highest BCUT2D eigenvalue weighted by Crippen LogP contribution is 2.19. The van der Waals surface area contributed by atoms with Crippen LogP contribution in [-0.2, 0) is 17.2 Å².